The van der Waals surface area contributed by atoms with Crippen molar-refractivity contribution in [2.24, 2.45) is 0 Å². The molecule has 110 valence electrons. The van der Waals surface area contributed by atoms with E-state index in [2.05, 4.69) is 5.32 Å². The summed E-state index contributed by atoms with van der Waals surface area (Å²) in [5.41, 5.74) is 2.02. The lowest BCUT2D eigenvalue weighted by Gasteiger charge is -2.11. The summed E-state index contributed by atoms with van der Waals surface area (Å²) in [7, 11) is 1.58. The number of nitrogens with zero attached hydrogens (tertiary/aromatic N) is 2. The Hall–Kier alpha value is -3.33. The average Bonchev–Trinajstić information content (AvgIpc) is 2.55. The van der Waals surface area contributed by atoms with Crippen molar-refractivity contribution in [2.75, 3.05) is 12.4 Å². The fraction of sp³-hybridized carbons (Fsp3) is 0.0625. The Morgan fingerprint density at radius 2 is 1.86 bits per heavy atom. The lowest BCUT2D eigenvalue weighted by atomic mass is 10.1. The van der Waals surface area contributed by atoms with Gasteiger partial charge in [0.2, 0.25) is 0 Å². The molecule has 2 aromatic rings. The van der Waals surface area contributed by atoms with Crippen LogP contribution in [0.2, 0.25) is 0 Å². The predicted octanol–water partition coefficient (Wildman–Crippen LogP) is 3.58. The maximum absolute atomic E-state index is 10.7. The monoisotopic (exact) mass is 295 g/mol. The number of allylic oxidation sites excluding steroid dienone is 1. The maximum atomic E-state index is 10.7. The molecule has 0 amide bonds. The zero-order valence-corrected chi connectivity index (χ0v) is 11.8. The highest BCUT2D eigenvalue weighted by Gasteiger charge is 2.07. The van der Waals surface area contributed by atoms with Crippen LogP contribution in [0.25, 0.3) is 5.70 Å². The molecule has 0 aliphatic rings. The number of ether oxygens (including phenoxy) is 1. The van der Waals surface area contributed by atoms with E-state index in [0.717, 1.165) is 11.4 Å². The molecule has 0 aliphatic carbocycles. The molecule has 6 heteroatoms. The first-order valence-electron chi connectivity index (χ1n) is 6.39. The molecule has 0 aliphatic heterocycles. The molecule has 1 N–H and O–H groups in total. The van der Waals surface area contributed by atoms with Gasteiger partial charge in [-0.05, 0) is 42.0 Å². The molecule has 0 aromatic heterocycles. The fourth-order valence-electron chi connectivity index (χ4n) is 1.85. The van der Waals surface area contributed by atoms with Crippen molar-refractivity contribution in [3.05, 3.63) is 70.3 Å². The number of anilines is 1. The number of hydrogen-bond donors (Lipinski definition) is 1. The summed E-state index contributed by atoms with van der Waals surface area (Å²) in [6.07, 6.45) is 1.35. The van der Waals surface area contributed by atoms with Gasteiger partial charge >= 0.3 is 0 Å². The maximum Gasteiger partial charge on any atom is 0.269 e. The Bertz CT molecular complexity index is 729. The summed E-state index contributed by atoms with van der Waals surface area (Å²) in [5, 5.41) is 22.7. The number of benzene rings is 2. The van der Waals surface area contributed by atoms with Crippen molar-refractivity contribution in [3.63, 3.8) is 0 Å². The minimum absolute atomic E-state index is 0.00417. The van der Waals surface area contributed by atoms with E-state index < -0.39 is 4.92 Å². The van der Waals surface area contributed by atoms with Gasteiger partial charge in [0.15, 0.2) is 0 Å². The van der Waals surface area contributed by atoms with E-state index in [1.165, 1.54) is 18.2 Å². The van der Waals surface area contributed by atoms with Crippen LogP contribution in [0.4, 0.5) is 11.4 Å². The highest BCUT2D eigenvalue weighted by Crippen LogP contribution is 2.22. The predicted molar refractivity (Wildman–Crippen MR) is 83.3 cm³/mol. The number of nitrogens with one attached hydrogen (secondary N) is 1. The van der Waals surface area contributed by atoms with Gasteiger partial charge in [-0.2, -0.15) is 5.26 Å². The number of non-ortho nitro benzene ring substituents is 1. The molecule has 0 bridgehead atoms. The van der Waals surface area contributed by atoms with Crippen molar-refractivity contribution < 1.29 is 9.66 Å². The molecule has 0 saturated carbocycles. The van der Waals surface area contributed by atoms with Gasteiger partial charge in [-0.15, -0.1) is 0 Å². The summed E-state index contributed by atoms with van der Waals surface area (Å²) in [6, 6.07) is 15.2. The second kappa shape index (κ2) is 6.90. The first-order valence-corrected chi connectivity index (χ1v) is 6.39. The Labute approximate surface area is 127 Å². The van der Waals surface area contributed by atoms with E-state index in [0.29, 0.717) is 11.3 Å². The van der Waals surface area contributed by atoms with E-state index in [1.54, 1.807) is 31.4 Å². The van der Waals surface area contributed by atoms with Gasteiger partial charge in [0.25, 0.3) is 5.69 Å². The second-order valence-corrected chi connectivity index (χ2v) is 4.34. The first kappa shape index (κ1) is 15.1. The normalized spacial score (nSPS) is 10.6. The zero-order chi connectivity index (χ0) is 15.9. The summed E-state index contributed by atoms with van der Waals surface area (Å²) in [4.78, 5) is 10.2. The van der Waals surface area contributed by atoms with E-state index in [1.807, 2.05) is 18.2 Å². The van der Waals surface area contributed by atoms with Crippen LogP contribution in [0.5, 0.6) is 5.75 Å². The molecule has 0 saturated heterocycles. The number of hydrogen-bond acceptors (Lipinski definition) is 5. The Balaban J connectivity index is 2.24. The standard InChI is InChI=1S/C16H13N3O3/c1-22-15-8-4-13(5-9-15)18-16(10-11-17)12-2-6-14(7-3-12)19(20)21/h2-10,18H,1H3. The van der Waals surface area contributed by atoms with Crippen LogP contribution in [0.15, 0.2) is 54.6 Å². The highest BCUT2D eigenvalue weighted by molar-refractivity contribution is 5.78. The SMILES string of the molecule is COc1ccc(NC(=CC#N)c2ccc([N+](=O)[O-])cc2)cc1. The summed E-state index contributed by atoms with van der Waals surface area (Å²) >= 11 is 0. The molecule has 0 unspecified atom stereocenters. The third-order valence-electron chi connectivity index (χ3n) is 2.97. The molecular formula is C16H13N3O3. The highest BCUT2D eigenvalue weighted by atomic mass is 16.6. The molecular weight excluding hydrogens is 282 g/mol. The Kier molecular flexibility index (Phi) is 4.73. The second-order valence-electron chi connectivity index (χ2n) is 4.34. The van der Waals surface area contributed by atoms with E-state index in [4.69, 9.17) is 10.00 Å². The number of nitriles is 1. The van der Waals surface area contributed by atoms with E-state index >= 15 is 0 Å². The minimum Gasteiger partial charge on any atom is -0.497 e. The topological polar surface area (TPSA) is 88.2 Å². The van der Waals surface area contributed by atoms with Gasteiger partial charge in [-0.25, -0.2) is 0 Å². The fourth-order valence-corrected chi connectivity index (χ4v) is 1.85. The van der Waals surface area contributed by atoms with Gasteiger partial charge in [0.05, 0.1) is 23.8 Å². The largest absolute Gasteiger partial charge is 0.497 e. The lowest BCUT2D eigenvalue weighted by Crippen LogP contribution is -1.99. The van der Waals surface area contributed by atoms with Crippen molar-refractivity contribution in [1.82, 2.24) is 0 Å². The summed E-state index contributed by atoms with van der Waals surface area (Å²) in [5.74, 6) is 0.728. The quantitative estimate of drug-likeness (QED) is 0.517. The third kappa shape index (κ3) is 3.61. The van der Waals surface area contributed by atoms with Crippen LogP contribution in [0.1, 0.15) is 5.56 Å². The molecule has 0 atom stereocenters. The molecule has 0 heterocycles. The van der Waals surface area contributed by atoms with Crippen LogP contribution >= 0.6 is 0 Å². The number of rotatable bonds is 5. The van der Waals surface area contributed by atoms with Crippen LogP contribution in [-0.4, -0.2) is 12.0 Å². The molecule has 2 rings (SSSR count). The average molecular weight is 295 g/mol. The lowest BCUT2D eigenvalue weighted by molar-refractivity contribution is -0.384. The van der Waals surface area contributed by atoms with E-state index in [-0.39, 0.29) is 5.69 Å². The molecule has 0 fully saturated rings. The summed E-state index contributed by atoms with van der Waals surface area (Å²) in [6.45, 7) is 0. The third-order valence-corrected chi connectivity index (χ3v) is 2.97. The molecule has 0 spiro atoms. The number of nitro benzene ring substituents is 1. The van der Waals surface area contributed by atoms with E-state index in [9.17, 15) is 10.1 Å². The molecule has 6 nitrogen and oxygen atoms in total. The van der Waals surface area contributed by atoms with Crippen LogP contribution in [0.3, 0.4) is 0 Å². The molecule has 2 aromatic carbocycles. The van der Waals surface area contributed by atoms with Crippen molar-refractivity contribution in [1.29, 1.82) is 5.26 Å². The van der Waals surface area contributed by atoms with Crippen molar-refractivity contribution >= 4 is 17.1 Å². The van der Waals surface area contributed by atoms with Crippen LogP contribution in [0, 0.1) is 21.4 Å². The van der Waals surface area contributed by atoms with Crippen LogP contribution < -0.4 is 10.1 Å². The van der Waals surface area contributed by atoms with Crippen molar-refractivity contribution in [2.45, 2.75) is 0 Å². The summed E-state index contributed by atoms with van der Waals surface area (Å²) < 4.78 is 5.08. The number of nitro groups is 1. The minimum atomic E-state index is -0.464. The Morgan fingerprint density at radius 1 is 1.23 bits per heavy atom. The first-order chi connectivity index (χ1) is 10.6. The number of methoxy groups -OCH3 is 1. The van der Waals surface area contributed by atoms with Gasteiger partial charge in [-0.1, -0.05) is 0 Å². The van der Waals surface area contributed by atoms with Crippen molar-refractivity contribution in [3.8, 4) is 11.8 Å². The van der Waals surface area contributed by atoms with Gasteiger partial charge in [-0.3, -0.25) is 10.1 Å². The van der Waals surface area contributed by atoms with Gasteiger partial charge in [0, 0.05) is 23.9 Å². The zero-order valence-electron chi connectivity index (χ0n) is 11.8. The van der Waals surface area contributed by atoms with Crippen LogP contribution in [-0.2, 0) is 0 Å². The smallest absolute Gasteiger partial charge is 0.269 e. The van der Waals surface area contributed by atoms with Gasteiger partial charge in [0.1, 0.15) is 5.75 Å². The molecule has 0 radical (unpaired) electrons. The van der Waals surface area contributed by atoms with Gasteiger partial charge < -0.3 is 10.1 Å². The molecule has 22 heavy (non-hydrogen) atoms. The Morgan fingerprint density at radius 3 is 2.36 bits per heavy atom.